The van der Waals surface area contributed by atoms with Crippen molar-refractivity contribution in [2.45, 2.75) is 52.4 Å². The number of nitrogens with two attached hydrogens (primary N) is 1. The van der Waals surface area contributed by atoms with E-state index in [0.717, 1.165) is 11.9 Å². The number of nitrogen functional groups attached to an aromatic ring is 1. The molecule has 3 rings (SSSR count). The molecule has 0 saturated heterocycles. The number of amides is 2. The van der Waals surface area contributed by atoms with E-state index >= 15 is 0 Å². The first kappa shape index (κ1) is 30.5. The molecule has 0 bridgehead atoms. The van der Waals surface area contributed by atoms with E-state index in [9.17, 15) is 24.3 Å². The zero-order valence-corrected chi connectivity index (χ0v) is 23.3. The number of hydrogen-bond acceptors (Lipinski definition) is 8. The van der Waals surface area contributed by atoms with Crippen molar-refractivity contribution in [3.63, 3.8) is 0 Å². The molecule has 1 atom stereocenters. The number of hydrogen-bond donors (Lipinski definition) is 5. The second-order valence-corrected chi connectivity index (χ2v) is 10.2. The monoisotopic (exact) mass is 566 g/mol. The van der Waals surface area contributed by atoms with Crippen LogP contribution in [-0.4, -0.2) is 56.8 Å². The first-order chi connectivity index (χ1) is 19.2. The van der Waals surface area contributed by atoms with Gasteiger partial charge in [0.1, 0.15) is 24.1 Å². The SMILES string of the molecule is CC(=O)N(C[C@H](NC(=O)OCc1ccccc1)C(=O)OC(C)(C)C)n1c(O)c(Cc2ccc(C(=N)N)cc2)[nH]c1=O. The third kappa shape index (κ3) is 8.46. The predicted octanol–water partition coefficient (Wildman–Crippen LogP) is 1.88. The standard InChI is InChI=1S/C28H34N6O7/c1-17(35)33(34-24(36)21(31-26(34)38)14-18-10-12-20(13-11-18)23(29)30)15-22(25(37)41-28(2,3)4)32-27(39)40-16-19-8-6-5-7-9-19/h5-13,22,36H,14-16H2,1-4H3,(H3,29,30)(H,31,38)(H,32,39)/t22-/m0/s1. The van der Waals surface area contributed by atoms with Gasteiger partial charge in [0.05, 0.1) is 12.2 Å². The van der Waals surface area contributed by atoms with Gasteiger partial charge in [0.25, 0.3) is 0 Å². The Morgan fingerprint density at radius 2 is 1.73 bits per heavy atom. The van der Waals surface area contributed by atoms with Crippen molar-refractivity contribution in [2.24, 2.45) is 5.73 Å². The number of benzene rings is 2. The molecule has 1 heterocycles. The second-order valence-electron chi connectivity index (χ2n) is 10.2. The van der Waals surface area contributed by atoms with Gasteiger partial charge in [-0.1, -0.05) is 54.6 Å². The minimum atomic E-state index is -1.45. The van der Waals surface area contributed by atoms with Crippen molar-refractivity contribution in [3.8, 4) is 5.88 Å². The molecule has 2 aromatic carbocycles. The second kappa shape index (κ2) is 12.9. The van der Waals surface area contributed by atoms with E-state index in [2.05, 4.69) is 10.3 Å². The third-order valence-corrected chi connectivity index (χ3v) is 5.72. The Morgan fingerprint density at radius 3 is 2.29 bits per heavy atom. The highest BCUT2D eigenvalue weighted by molar-refractivity contribution is 5.94. The number of amidine groups is 1. The maximum absolute atomic E-state index is 13.0. The lowest BCUT2D eigenvalue weighted by atomic mass is 10.1. The summed E-state index contributed by atoms with van der Waals surface area (Å²) in [7, 11) is 0. The Kier molecular flexibility index (Phi) is 9.55. The number of esters is 1. The van der Waals surface area contributed by atoms with E-state index in [-0.39, 0.29) is 24.6 Å². The van der Waals surface area contributed by atoms with Gasteiger partial charge in [-0.25, -0.2) is 19.4 Å². The van der Waals surface area contributed by atoms with Gasteiger partial charge < -0.3 is 30.6 Å². The lowest BCUT2D eigenvalue weighted by Crippen LogP contribution is -2.56. The Morgan fingerprint density at radius 1 is 1.10 bits per heavy atom. The molecule has 2 amide bonds. The Balaban J connectivity index is 1.85. The number of imidazole rings is 1. The first-order valence-corrected chi connectivity index (χ1v) is 12.7. The highest BCUT2D eigenvalue weighted by atomic mass is 16.6. The smallest absolute Gasteiger partial charge is 0.408 e. The van der Waals surface area contributed by atoms with Gasteiger partial charge >= 0.3 is 17.8 Å². The van der Waals surface area contributed by atoms with Crippen molar-refractivity contribution in [1.29, 1.82) is 5.41 Å². The highest BCUT2D eigenvalue weighted by Gasteiger charge is 2.32. The number of H-pyrrole nitrogens is 1. The van der Waals surface area contributed by atoms with E-state index in [4.69, 9.17) is 20.6 Å². The molecule has 0 aliphatic heterocycles. The Labute approximate surface area is 236 Å². The fourth-order valence-electron chi connectivity index (χ4n) is 3.80. The molecule has 0 fully saturated rings. The molecule has 1 aromatic heterocycles. The van der Waals surface area contributed by atoms with Crippen LogP contribution in [0.4, 0.5) is 4.79 Å². The molecule has 3 aromatic rings. The van der Waals surface area contributed by atoms with Crippen molar-refractivity contribution in [3.05, 3.63) is 87.5 Å². The van der Waals surface area contributed by atoms with E-state index in [1.165, 1.54) is 0 Å². The van der Waals surface area contributed by atoms with Crippen LogP contribution < -0.4 is 21.7 Å². The van der Waals surface area contributed by atoms with Crippen LogP contribution in [0.2, 0.25) is 0 Å². The minimum absolute atomic E-state index is 0.0705. The fourth-order valence-corrected chi connectivity index (χ4v) is 3.80. The molecule has 0 aliphatic rings. The normalized spacial score (nSPS) is 11.8. The average Bonchev–Trinajstić information content (AvgIpc) is 3.17. The fraction of sp³-hybridized carbons (Fsp3) is 0.321. The molecular formula is C28H34N6O7. The molecule has 0 aliphatic carbocycles. The van der Waals surface area contributed by atoms with Gasteiger partial charge in [0.2, 0.25) is 11.8 Å². The van der Waals surface area contributed by atoms with Crippen LogP contribution in [0.25, 0.3) is 0 Å². The quantitative estimate of drug-likeness (QED) is 0.139. The van der Waals surface area contributed by atoms with Gasteiger partial charge in [-0.05, 0) is 31.9 Å². The van der Waals surface area contributed by atoms with Crippen LogP contribution in [0.5, 0.6) is 5.88 Å². The van der Waals surface area contributed by atoms with Gasteiger partial charge in [0, 0.05) is 18.9 Å². The largest absolute Gasteiger partial charge is 0.492 e. The topological polar surface area (TPSA) is 193 Å². The van der Waals surface area contributed by atoms with E-state index in [1.54, 1.807) is 69.3 Å². The number of aromatic hydroxyl groups is 1. The summed E-state index contributed by atoms with van der Waals surface area (Å²) >= 11 is 0. The van der Waals surface area contributed by atoms with Crippen LogP contribution in [-0.2, 0) is 32.1 Å². The molecular weight excluding hydrogens is 532 g/mol. The maximum atomic E-state index is 13.0. The van der Waals surface area contributed by atoms with Crippen LogP contribution in [0.15, 0.2) is 59.4 Å². The molecule has 41 heavy (non-hydrogen) atoms. The minimum Gasteiger partial charge on any atom is -0.492 e. The molecule has 6 N–H and O–H groups in total. The number of nitrogens with one attached hydrogen (secondary N) is 3. The maximum Gasteiger partial charge on any atom is 0.408 e. The molecule has 0 spiro atoms. The third-order valence-electron chi connectivity index (χ3n) is 5.72. The summed E-state index contributed by atoms with van der Waals surface area (Å²) in [6, 6.07) is 14.0. The highest BCUT2D eigenvalue weighted by Crippen LogP contribution is 2.19. The van der Waals surface area contributed by atoms with Crippen LogP contribution in [0, 0.1) is 5.41 Å². The predicted molar refractivity (Wildman–Crippen MR) is 150 cm³/mol. The molecule has 0 saturated carbocycles. The van der Waals surface area contributed by atoms with E-state index < -0.39 is 47.7 Å². The molecule has 0 radical (unpaired) electrons. The van der Waals surface area contributed by atoms with Crippen LogP contribution >= 0.6 is 0 Å². The van der Waals surface area contributed by atoms with Crippen molar-refractivity contribution in [2.75, 3.05) is 11.6 Å². The van der Waals surface area contributed by atoms with Gasteiger partial charge in [-0.2, -0.15) is 4.68 Å². The summed E-state index contributed by atoms with van der Waals surface area (Å²) in [6.45, 7) is 5.42. The van der Waals surface area contributed by atoms with E-state index in [0.29, 0.717) is 21.4 Å². The molecule has 13 nitrogen and oxygen atoms in total. The lowest BCUT2D eigenvalue weighted by molar-refractivity contribution is -0.157. The number of aromatic nitrogens is 2. The molecule has 218 valence electrons. The molecule has 13 heteroatoms. The number of carbonyl (C=O) groups is 3. The Hall–Kier alpha value is -5.07. The van der Waals surface area contributed by atoms with Gasteiger partial charge in [-0.15, -0.1) is 0 Å². The summed E-state index contributed by atoms with van der Waals surface area (Å²) in [4.78, 5) is 53.7. The zero-order chi connectivity index (χ0) is 30.3. The van der Waals surface area contributed by atoms with Gasteiger partial charge in [-0.3, -0.25) is 10.2 Å². The van der Waals surface area contributed by atoms with Crippen LogP contribution in [0.3, 0.4) is 0 Å². The van der Waals surface area contributed by atoms with Crippen molar-refractivity contribution in [1.82, 2.24) is 15.0 Å². The zero-order valence-electron chi connectivity index (χ0n) is 23.3. The van der Waals surface area contributed by atoms with Crippen molar-refractivity contribution >= 4 is 23.8 Å². The van der Waals surface area contributed by atoms with E-state index in [1.807, 2.05) is 6.07 Å². The first-order valence-electron chi connectivity index (χ1n) is 12.7. The number of alkyl carbamates (subject to hydrolysis) is 1. The summed E-state index contributed by atoms with van der Waals surface area (Å²) in [6.07, 6.45) is -0.870. The number of nitrogens with zero attached hydrogens (tertiary/aromatic N) is 2. The Bertz CT molecular complexity index is 1460. The number of aromatic amines is 1. The average molecular weight is 567 g/mol. The number of ether oxygens (including phenoxy) is 2. The summed E-state index contributed by atoms with van der Waals surface area (Å²) in [5.74, 6) is -2.25. The number of rotatable bonds is 10. The summed E-state index contributed by atoms with van der Waals surface area (Å²) in [5.41, 5.74) is 5.72. The van der Waals surface area contributed by atoms with Crippen molar-refractivity contribution < 1.29 is 29.0 Å². The lowest BCUT2D eigenvalue weighted by Gasteiger charge is -2.28. The summed E-state index contributed by atoms with van der Waals surface area (Å²) in [5, 5.41) is 21.6. The summed E-state index contributed by atoms with van der Waals surface area (Å²) < 4.78 is 11.3. The van der Waals surface area contributed by atoms with Crippen LogP contribution in [0.1, 0.15) is 50.1 Å². The van der Waals surface area contributed by atoms with Gasteiger partial charge in [0.15, 0.2) is 0 Å². The number of carbonyl (C=O) groups excluding carboxylic acids is 3. The molecule has 0 unspecified atom stereocenters.